The molecule has 0 heterocycles. The van der Waals surface area contributed by atoms with Crippen molar-refractivity contribution < 1.29 is 13.9 Å². The first-order chi connectivity index (χ1) is 10.5. The molecule has 0 spiro atoms. The zero-order valence-corrected chi connectivity index (χ0v) is 13.5. The van der Waals surface area contributed by atoms with Crippen molar-refractivity contribution in [3.63, 3.8) is 0 Å². The summed E-state index contributed by atoms with van der Waals surface area (Å²) in [6.07, 6.45) is 0. The maximum atomic E-state index is 13.6. The van der Waals surface area contributed by atoms with Gasteiger partial charge in [-0.1, -0.05) is 18.2 Å². The fourth-order valence-corrected chi connectivity index (χ4v) is 2.82. The average molecular weight is 319 g/mol. The summed E-state index contributed by atoms with van der Waals surface area (Å²) in [5.41, 5.74) is 1.64. The fourth-order valence-electron chi connectivity index (χ4n) is 1.94. The molecule has 0 aliphatic carbocycles. The molecule has 2 aromatic rings. The Morgan fingerprint density at radius 3 is 2.68 bits per heavy atom. The molecular formula is C17H18FNO2S. The number of carbonyl (C=O) groups is 1. The van der Waals surface area contributed by atoms with E-state index in [9.17, 15) is 9.18 Å². The van der Waals surface area contributed by atoms with Crippen molar-refractivity contribution in [1.82, 2.24) is 0 Å². The van der Waals surface area contributed by atoms with Crippen LogP contribution in [0.15, 0.2) is 47.4 Å². The predicted molar refractivity (Wildman–Crippen MR) is 88.1 cm³/mol. The second-order valence-electron chi connectivity index (χ2n) is 4.88. The smallest absolute Gasteiger partial charge is 0.237 e. The van der Waals surface area contributed by atoms with E-state index < -0.39 is 5.25 Å². The van der Waals surface area contributed by atoms with Crippen molar-refractivity contribution in [2.75, 3.05) is 12.4 Å². The molecule has 1 atom stereocenters. The van der Waals surface area contributed by atoms with Crippen molar-refractivity contribution in [2.24, 2.45) is 0 Å². The molecular weight excluding hydrogens is 301 g/mol. The third-order valence-electron chi connectivity index (χ3n) is 3.12. The van der Waals surface area contributed by atoms with Gasteiger partial charge < -0.3 is 10.1 Å². The van der Waals surface area contributed by atoms with Crippen LogP contribution in [0.1, 0.15) is 12.5 Å². The molecule has 0 bridgehead atoms. The first kappa shape index (κ1) is 16.4. The summed E-state index contributed by atoms with van der Waals surface area (Å²) in [6.45, 7) is 3.68. The lowest BCUT2D eigenvalue weighted by molar-refractivity contribution is -0.115. The summed E-state index contributed by atoms with van der Waals surface area (Å²) >= 11 is 1.19. The summed E-state index contributed by atoms with van der Waals surface area (Å²) in [7, 11) is 1.55. The van der Waals surface area contributed by atoms with E-state index in [1.807, 2.05) is 19.1 Å². The van der Waals surface area contributed by atoms with E-state index >= 15 is 0 Å². The van der Waals surface area contributed by atoms with Gasteiger partial charge in [-0.2, -0.15) is 0 Å². The Morgan fingerprint density at radius 1 is 1.27 bits per heavy atom. The van der Waals surface area contributed by atoms with Crippen LogP contribution in [0.4, 0.5) is 10.1 Å². The number of benzene rings is 2. The van der Waals surface area contributed by atoms with Crippen molar-refractivity contribution in [3.05, 3.63) is 53.8 Å². The van der Waals surface area contributed by atoms with Gasteiger partial charge in [-0.3, -0.25) is 4.79 Å². The van der Waals surface area contributed by atoms with E-state index in [0.29, 0.717) is 16.3 Å². The Bertz CT molecular complexity index is 675. The molecule has 22 heavy (non-hydrogen) atoms. The number of aryl methyl sites for hydroxylation is 1. The maximum Gasteiger partial charge on any atom is 0.237 e. The summed E-state index contributed by atoms with van der Waals surface area (Å²) in [6, 6.07) is 12.0. The lowest BCUT2D eigenvalue weighted by atomic mass is 10.2. The molecule has 5 heteroatoms. The largest absolute Gasteiger partial charge is 0.495 e. The lowest BCUT2D eigenvalue weighted by Gasteiger charge is -2.15. The molecule has 0 saturated carbocycles. The SMILES string of the molecule is COc1ccc(C)cc1NC(=O)C(C)Sc1ccccc1F. The van der Waals surface area contributed by atoms with E-state index in [0.717, 1.165) is 5.56 Å². The Kier molecular flexibility index (Phi) is 5.44. The topological polar surface area (TPSA) is 38.3 Å². The van der Waals surface area contributed by atoms with Gasteiger partial charge in [-0.25, -0.2) is 4.39 Å². The summed E-state index contributed by atoms with van der Waals surface area (Å²) in [4.78, 5) is 12.8. The van der Waals surface area contributed by atoms with E-state index in [-0.39, 0.29) is 11.7 Å². The molecule has 1 amide bonds. The van der Waals surface area contributed by atoms with Gasteiger partial charge in [0.1, 0.15) is 11.6 Å². The number of hydrogen-bond donors (Lipinski definition) is 1. The molecule has 0 saturated heterocycles. The number of rotatable bonds is 5. The van der Waals surface area contributed by atoms with E-state index in [4.69, 9.17) is 4.74 Å². The number of anilines is 1. The highest BCUT2D eigenvalue weighted by Gasteiger charge is 2.17. The average Bonchev–Trinajstić information content (AvgIpc) is 2.49. The molecule has 116 valence electrons. The number of ether oxygens (including phenoxy) is 1. The molecule has 0 aliphatic heterocycles. The van der Waals surface area contributed by atoms with Gasteiger partial charge in [0.25, 0.3) is 0 Å². The van der Waals surface area contributed by atoms with Gasteiger partial charge in [0.15, 0.2) is 0 Å². The third kappa shape index (κ3) is 4.01. The minimum absolute atomic E-state index is 0.197. The molecule has 0 aromatic heterocycles. The van der Waals surface area contributed by atoms with Crippen LogP contribution >= 0.6 is 11.8 Å². The highest BCUT2D eigenvalue weighted by molar-refractivity contribution is 8.00. The normalized spacial score (nSPS) is 11.8. The monoisotopic (exact) mass is 319 g/mol. The maximum absolute atomic E-state index is 13.6. The highest BCUT2D eigenvalue weighted by Crippen LogP contribution is 2.29. The number of methoxy groups -OCH3 is 1. The van der Waals surface area contributed by atoms with Gasteiger partial charge in [0.05, 0.1) is 18.0 Å². The summed E-state index contributed by atoms with van der Waals surface area (Å²) in [5.74, 6) is 0.0829. The van der Waals surface area contributed by atoms with Crippen LogP contribution in [-0.4, -0.2) is 18.3 Å². The number of amides is 1. The van der Waals surface area contributed by atoms with Gasteiger partial charge in [-0.15, -0.1) is 11.8 Å². The number of hydrogen-bond acceptors (Lipinski definition) is 3. The second kappa shape index (κ2) is 7.31. The van der Waals surface area contributed by atoms with Crippen LogP contribution in [0.3, 0.4) is 0 Å². The molecule has 2 aromatic carbocycles. The summed E-state index contributed by atoms with van der Waals surface area (Å²) < 4.78 is 18.9. The van der Waals surface area contributed by atoms with Gasteiger partial charge >= 0.3 is 0 Å². The van der Waals surface area contributed by atoms with Crippen LogP contribution in [0.25, 0.3) is 0 Å². The first-order valence-electron chi connectivity index (χ1n) is 6.88. The highest BCUT2D eigenvalue weighted by atomic mass is 32.2. The van der Waals surface area contributed by atoms with Crippen molar-refractivity contribution in [1.29, 1.82) is 0 Å². The van der Waals surface area contributed by atoms with Gasteiger partial charge in [0, 0.05) is 4.90 Å². The molecule has 0 fully saturated rings. The van der Waals surface area contributed by atoms with Crippen molar-refractivity contribution in [2.45, 2.75) is 24.0 Å². The molecule has 3 nitrogen and oxygen atoms in total. The Labute approximate surface area is 133 Å². The molecule has 0 radical (unpaired) electrons. The minimum atomic E-state index is -0.429. The quantitative estimate of drug-likeness (QED) is 0.837. The molecule has 1 N–H and O–H groups in total. The van der Waals surface area contributed by atoms with E-state index in [1.54, 1.807) is 38.3 Å². The predicted octanol–water partition coefficient (Wildman–Crippen LogP) is 4.26. The Hall–Kier alpha value is -2.01. The number of nitrogens with one attached hydrogen (secondary N) is 1. The summed E-state index contributed by atoms with van der Waals surface area (Å²) in [5, 5.41) is 2.41. The van der Waals surface area contributed by atoms with E-state index in [2.05, 4.69) is 5.32 Å². The standard InChI is InChI=1S/C17H18FNO2S/c1-11-8-9-15(21-3)14(10-11)19-17(20)12(2)22-16-7-5-4-6-13(16)18/h4-10,12H,1-3H3,(H,19,20). The zero-order chi connectivity index (χ0) is 16.1. The van der Waals surface area contributed by atoms with Crippen LogP contribution in [0, 0.1) is 12.7 Å². The fraction of sp³-hybridized carbons (Fsp3) is 0.235. The lowest BCUT2D eigenvalue weighted by Crippen LogP contribution is -2.22. The first-order valence-corrected chi connectivity index (χ1v) is 7.76. The third-order valence-corrected chi connectivity index (χ3v) is 4.28. The number of halogens is 1. The van der Waals surface area contributed by atoms with E-state index in [1.165, 1.54) is 17.8 Å². The zero-order valence-electron chi connectivity index (χ0n) is 12.7. The second-order valence-corrected chi connectivity index (χ2v) is 6.27. The Morgan fingerprint density at radius 2 is 2.00 bits per heavy atom. The van der Waals surface area contributed by atoms with Crippen LogP contribution in [0.5, 0.6) is 5.75 Å². The molecule has 2 rings (SSSR count). The molecule has 0 aliphatic rings. The van der Waals surface area contributed by atoms with Crippen molar-refractivity contribution in [3.8, 4) is 5.75 Å². The molecule has 1 unspecified atom stereocenters. The van der Waals surface area contributed by atoms with Crippen LogP contribution in [0.2, 0.25) is 0 Å². The number of thioether (sulfide) groups is 1. The minimum Gasteiger partial charge on any atom is -0.495 e. The van der Waals surface area contributed by atoms with Gasteiger partial charge in [0.2, 0.25) is 5.91 Å². The van der Waals surface area contributed by atoms with Crippen LogP contribution < -0.4 is 10.1 Å². The van der Waals surface area contributed by atoms with Crippen molar-refractivity contribution >= 4 is 23.4 Å². The Balaban J connectivity index is 2.09. The number of carbonyl (C=O) groups excluding carboxylic acids is 1. The van der Waals surface area contributed by atoms with Crippen LogP contribution in [-0.2, 0) is 4.79 Å². The van der Waals surface area contributed by atoms with Gasteiger partial charge in [-0.05, 0) is 43.7 Å².